The van der Waals surface area contributed by atoms with Gasteiger partial charge in [-0.15, -0.1) is 0 Å². The number of hydrogen-bond acceptors (Lipinski definition) is 7. The molecule has 2 aromatic heterocycles. The third-order valence-corrected chi connectivity index (χ3v) is 4.08. The van der Waals surface area contributed by atoms with Crippen molar-refractivity contribution >= 4 is 11.6 Å². The molecule has 3 rings (SSSR count). The van der Waals surface area contributed by atoms with Gasteiger partial charge in [0.1, 0.15) is 5.75 Å². The van der Waals surface area contributed by atoms with Crippen molar-refractivity contribution in [2.45, 2.75) is 12.7 Å². The molecule has 0 aliphatic carbocycles. The van der Waals surface area contributed by atoms with Crippen LogP contribution >= 0.6 is 11.6 Å². The van der Waals surface area contributed by atoms with Gasteiger partial charge in [0, 0.05) is 11.1 Å². The van der Waals surface area contributed by atoms with Crippen molar-refractivity contribution in [3.63, 3.8) is 0 Å². The van der Waals surface area contributed by atoms with Gasteiger partial charge in [-0.3, -0.25) is 14.2 Å². The van der Waals surface area contributed by atoms with E-state index in [9.17, 15) is 22.8 Å². The Morgan fingerprint density at radius 1 is 1.26 bits per heavy atom. The number of aromatic amines is 1. The number of ether oxygens (including phenoxy) is 2. The SMILES string of the molecule is COc1cc(Cn2cnc(C(F)(F)F)c(Oc3cc(Cl)cc(C#N)c3)c2=O)n[nH]c1=O. The zero-order valence-corrected chi connectivity index (χ0v) is 16.3. The molecular formula is C18H11ClF3N5O4. The summed E-state index contributed by atoms with van der Waals surface area (Å²) in [6.45, 7) is -0.341. The number of rotatable bonds is 5. The summed E-state index contributed by atoms with van der Waals surface area (Å²) < 4.78 is 51.1. The number of benzene rings is 1. The van der Waals surface area contributed by atoms with E-state index in [0.717, 1.165) is 16.7 Å². The van der Waals surface area contributed by atoms with Gasteiger partial charge in [0.15, 0.2) is 11.4 Å². The van der Waals surface area contributed by atoms with Gasteiger partial charge in [-0.25, -0.2) is 10.1 Å². The first kappa shape index (κ1) is 21.8. The van der Waals surface area contributed by atoms with Crippen molar-refractivity contribution < 1.29 is 22.6 Å². The first-order valence-corrected chi connectivity index (χ1v) is 8.68. The third kappa shape index (κ3) is 4.84. The number of nitrogens with zero attached hydrogens (tertiary/aromatic N) is 4. The second-order valence-electron chi connectivity index (χ2n) is 6.00. The fourth-order valence-corrected chi connectivity index (χ4v) is 2.74. The second-order valence-corrected chi connectivity index (χ2v) is 6.44. The molecule has 0 unspecified atom stereocenters. The summed E-state index contributed by atoms with van der Waals surface area (Å²) in [7, 11) is 1.24. The average Bonchev–Trinajstić information content (AvgIpc) is 2.70. The molecule has 1 N–H and O–H groups in total. The third-order valence-electron chi connectivity index (χ3n) is 3.86. The van der Waals surface area contributed by atoms with E-state index in [1.165, 1.54) is 19.2 Å². The van der Waals surface area contributed by atoms with E-state index in [1.807, 2.05) is 0 Å². The van der Waals surface area contributed by atoms with E-state index in [1.54, 1.807) is 6.07 Å². The smallest absolute Gasteiger partial charge is 0.437 e. The van der Waals surface area contributed by atoms with Gasteiger partial charge in [-0.05, 0) is 18.2 Å². The normalized spacial score (nSPS) is 11.1. The van der Waals surface area contributed by atoms with Gasteiger partial charge in [-0.2, -0.15) is 23.5 Å². The molecule has 9 nitrogen and oxygen atoms in total. The lowest BCUT2D eigenvalue weighted by Gasteiger charge is -2.14. The standard InChI is InChI=1S/C18H11ClF3N5O4/c1-30-13-5-11(25-26-16(13)28)7-27-8-24-15(18(20,21)22)14(17(27)29)31-12-3-9(6-23)2-10(19)4-12/h2-5,8H,7H2,1H3,(H,26,28). The summed E-state index contributed by atoms with van der Waals surface area (Å²) in [6, 6.07) is 6.54. The maximum Gasteiger partial charge on any atom is 0.437 e. The number of nitrogens with one attached hydrogen (secondary N) is 1. The lowest BCUT2D eigenvalue weighted by Crippen LogP contribution is -2.27. The van der Waals surface area contributed by atoms with Crippen LogP contribution in [-0.2, 0) is 12.7 Å². The monoisotopic (exact) mass is 453 g/mol. The quantitative estimate of drug-likeness (QED) is 0.630. The average molecular weight is 454 g/mol. The van der Waals surface area contributed by atoms with Crippen molar-refractivity contribution in [2.75, 3.05) is 7.11 Å². The van der Waals surface area contributed by atoms with Crippen LogP contribution in [0.4, 0.5) is 13.2 Å². The first-order valence-electron chi connectivity index (χ1n) is 8.30. The highest BCUT2D eigenvalue weighted by Crippen LogP contribution is 2.35. The van der Waals surface area contributed by atoms with Crippen LogP contribution in [0.1, 0.15) is 17.0 Å². The number of H-pyrrole nitrogens is 1. The molecule has 0 fully saturated rings. The highest BCUT2D eigenvalue weighted by atomic mass is 35.5. The highest BCUT2D eigenvalue weighted by molar-refractivity contribution is 6.30. The Labute approximate surface area is 176 Å². The number of methoxy groups -OCH3 is 1. The molecule has 0 spiro atoms. The summed E-state index contributed by atoms with van der Waals surface area (Å²) in [5, 5.41) is 14.9. The molecule has 2 heterocycles. The fourth-order valence-electron chi connectivity index (χ4n) is 2.51. The van der Waals surface area contributed by atoms with Crippen LogP contribution in [0, 0.1) is 11.3 Å². The van der Waals surface area contributed by atoms with Gasteiger partial charge >= 0.3 is 11.7 Å². The van der Waals surface area contributed by atoms with E-state index in [4.69, 9.17) is 26.3 Å². The second kappa shape index (κ2) is 8.49. The minimum Gasteiger partial charge on any atom is -0.491 e. The van der Waals surface area contributed by atoms with Crippen LogP contribution in [-0.4, -0.2) is 26.9 Å². The maximum absolute atomic E-state index is 13.4. The van der Waals surface area contributed by atoms with E-state index in [2.05, 4.69) is 15.2 Å². The Hall–Kier alpha value is -3.85. The van der Waals surface area contributed by atoms with E-state index in [-0.39, 0.29) is 34.3 Å². The molecule has 0 amide bonds. The van der Waals surface area contributed by atoms with Crippen LogP contribution in [0.5, 0.6) is 17.2 Å². The molecule has 0 saturated carbocycles. The predicted molar refractivity (Wildman–Crippen MR) is 100 cm³/mol. The number of nitriles is 1. The number of hydrogen-bond donors (Lipinski definition) is 1. The zero-order valence-electron chi connectivity index (χ0n) is 15.5. The lowest BCUT2D eigenvalue weighted by molar-refractivity contribution is -0.142. The predicted octanol–water partition coefficient (Wildman–Crippen LogP) is 2.72. The maximum atomic E-state index is 13.4. The minimum atomic E-state index is -5.00. The van der Waals surface area contributed by atoms with Crippen LogP contribution in [0.15, 0.2) is 40.2 Å². The summed E-state index contributed by atoms with van der Waals surface area (Å²) in [4.78, 5) is 27.6. The molecule has 3 aromatic rings. The topological polar surface area (TPSA) is 123 Å². The fraction of sp³-hybridized carbons (Fsp3) is 0.167. The van der Waals surface area contributed by atoms with Crippen molar-refractivity contribution in [1.82, 2.24) is 19.7 Å². The summed E-state index contributed by atoms with van der Waals surface area (Å²) in [5.74, 6) is -1.47. The Morgan fingerprint density at radius 2 is 2.00 bits per heavy atom. The molecule has 160 valence electrons. The van der Waals surface area contributed by atoms with Gasteiger partial charge in [0.2, 0.25) is 5.75 Å². The summed E-state index contributed by atoms with van der Waals surface area (Å²) in [5.41, 5.74) is -3.22. The van der Waals surface area contributed by atoms with Gasteiger partial charge < -0.3 is 9.47 Å². The molecule has 1 aromatic carbocycles. The molecule has 0 atom stereocenters. The molecule has 0 bridgehead atoms. The van der Waals surface area contributed by atoms with Crippen LogP contribution < -0.4 is 20.6 Å². The molecule has 0 radical (unpaired) electrons. The largest absolute Gasteiger partial charge is 0.491 e. The summed E-state index contributed by atoms with van der Waals surface area (Å²) >= 11 is 5.84. The van der Waals surface area contributed by atoms with Crippen LogP contribution in [0.3, 0.4) is 0 Å². The van der Waals surface area contributed by atoms with E-state index < -0.39 is 28.7 Å². The minimum absolute atomic E-state index is 0.0183. The van der Waals surface area contributed by atoms with Crippen molar-refractivity contribution in [1.29, 1.82) is 5.26 Å². The van der Waals surface area contributed by atoms with E-state index >= 15 is 0 Å². The molecule has 0 saturated heterocycles. The molecule has 0 aliphatic rings. The highest BCUT2D eigenvalue weighted by Gasteiger charge is 2.38. The Bertz CT molecular complexity index is 1300. The van der Waals surface area contributed by atoms with Crippen LogP contribution in [0.2, 0.25) is 5.02 Å². The van der Waals surface area contributed by atoms with Crippen LogP contribution in [0.25, 0.3) is 0 Å². The van der Waals surface area contributed by atoms with Crippen molar-refractivity contribution in [2.24, 2.45) is 0 Å². The zero-order chi connectivity index (χ0) is 22.8. The van der Waals surface area contributed by atoms with Crippen molar-refractivity contribution in [3.05, 3.63) is 73.3 Å². The first-order chi connectivity index (χ1) is 14.6. The summed E-state index contributed by atoms with van der Waals surface area (Å²) in [6.07, 6.45) is -4.32. The molecular weight excluding hydrogens is 443 g/mol. The molecule has 0 aliphatic heterocycles. The number of aromatic nitrogens is 4. The van der Waals surface area contributed by atoms with Crippen molar-refractivity contribution in [3.8, 4) is 23.3 Å². The van der Waals surface area contributed by atoms with Gasteiger partial charge in [-0.1, -0.05) is 11.6 Å². The van der Waals surface area contributed by atoms with Gasteiger partial charge in [0.05, 0.1) is 37.3 Å². The van der Waals surface area contributed by atoms with Gasteiger partial charge in [0.25, 0.3) is 5.56 Å². The molecule has 31 heavy (non-hydrogen) atoms. The van der Waals surface area contributed by atoms with E-state index in [0.29, 0.717) is 6.33 Å². The Kier molecular flexibility index (Phi) is 5.98. The Morgan fingerprint density at radius 3 is 2.65 bits per heavy atom. The lowest BCUT2D eigenvalue weighted by atomic mass is 10.2. The number of alkyl halides is 3. The Balaban J connectivity index is 2.09. The molecule has 13 heteroatoms. The number of halogens is 4.